The lowest BCUT2D eigenvalue weighted by Crippen LogP contribution is -3.15. The quantitative estimate of drug-likeness (QED) is 0.793. The first-order valence-corrected chi connectivity index (χ1v) is 8.76. The smallest absolute Gasteiger partial charge is 0.459 e. The van der Waals surface area contributed by atoms with Crippen LogP contribution in [0.25, 0.3) is 0 Å². The van der Waals surface area contributed by atoms with Crippen molar-refractivity contribution in [3.05, 3.63) is 42.4 Å². The Morgan fingerprint density at radius 2 is 1.89 bits per heavy atom. The number of ether oxygens (including phenoxy) is 2. The summed E-state index contributed by atoms with van der Waals surface area (Å²) in [6, 6.07) is 7.37. The molecule has 10 heteroatoms. The second-order valence-electron chi connectivity index (χ2n) is 6.57. The van der Waals surface area contributed by atoms with Crippen molar-refractivity contribution in [2.45, 2.75) is 6.29 Å². The number of furan rings is 1. The summed E-state index contributed by atoms with van der Waals surface area (Å²) >= 11 is 0. The van der Waals surface area contributed by atoms with Crippen LogP contribution in [-0.4, -0.2) is 55.7 Å². The van der Waals surface area contributed by atoms with E-state index in [0.717, 1.165) is 4.90 Å². The van der Waals surface area contributed by atoms with E-state index in [0.29, 0.717) is 37.6 Å². The van der Waals surface area contributed by atoms with Crippen molar-refractivity contribution in [2.24, 2.45) is 0 Å². The topological polar surface area (TPSA) is 85.5 Å². The zero-order valence-electron chi connectivity index (χ0n) is 14.7. The monoisotopic (exact) mass is 394 g/mol. The highest BCUT2D eigenvalue weighted by Gasteiger charge is 2.43. The molecule has 2 aliphatic rings. The maximum absolute atomic E-state index is 13.0. The number of quaternary nitrogens is 1. The normalized spacial score (nSPS) is 18.1. The van der Waals surface area contributed by atoms with Gasteiger partial charge in [0, 0.05) is 11.8 Å². The van der Waals surface area contributed by atoms with E-state index in [-0.39, 0.29) is 29.9 Å². The van der Waals surface area contributed by atoms with Gasteiger partial charge in [0.05, 0.1) is 32.4 Å². The van der Waals surface area contributed by atoms with Gasteiger partial charge in [-0.1, -0.05) is 0 Å². The number of alkyl halides is 2. The van der Waals surface area contributed by atoms with Crippen LogP contribution in [0.1, 0.15) is 10.6 Å². The minimum Gasteiger partial charge on any atom is -0.459 e. The number of hydrogen-bond donors (Lipinski definition) is 2. The van der Waals surface area contributed by atoms with Crippen molar-refractivity contribution in [2.75, 3.05) is 38.0 Å². The molecule has 0 radical (unpaired) electrons. The minimum absolute atomic E-state index is 0.0778. The first-order valence-electron chi connectivity index (χ1n) is 8.76. The lowest BCUT2D eigenvalue weighted by atomic mass is 10.2. The van der Waals surface area contributed by atoms with Crippen LogP contribution in [0.2, 0.25) is 0 Å². The van der Waals surface area contributed by atoms with Gasteiger partial charge in [-0.25, -0.2) is 0 Å². The van der Waals surface area contributed by atoms with Crippen molar-refractivity contribution in [3.63, 3.8) is 0 Å². The van der Waals surface area contributed by atoms with Crippen molar-refractivity contribution in [3.8, 4) is 11.5 Å². The average molecular weight is 394 g/mol. The molecule has 2 amide bonds. The second kappa shape index (κ2) is 7.12. The van der Waals surface area contributed by atoms with E-state index in [1.165, 1.54) is 24.5 Å². The lowest BCUT2D eigenvalue weighted by molar-refractivity contribution is -0.895. The third-order valence-electron chi connectivity index (χ3n) is 4.59. The number of amides is 2. The Morgan fingerprint density at radius 3 is 2.61 bits per heavy atom. The summed E-state index contributed by atoms with van der Waals surface area (Å²) in [5, 5.41) is 2.67. The molecule has 1 aromatic heterocycles. The molecule has 1 saturated heterocycles. The fraction of sp³-hybridized carbons (Fsp3) is 0.333. The third-order valence-corrected chi connectivity index (χ3v) is 4.59. The fourth-order valence-electron chi connectivity index (χ4n) is 3.22. The number of rotatable bonds is 4. The van der Waals surface area contributed by atoms with Gasteiger partial charge in [0.25, 0.3) is 11.8 Å². The molecule has 1 fully saturated rings. The largest absolute Gasteiger partial charge is 0.586 e. The van der Waals surface area contributed by atoms with Gasteiger partial charge in [0.15, 0.2) is 23.8 Å². The molecule has 3 heterocycles. The third kappa shape index (κ3) is 3.91. The Kier molecular flexibility index (Phi) is 4.63. The van der Waals surface area contributed by atoms with Crippen LogP contribution in [0.15, 0.2) is 41.0 Å². The molecule has 0 bridgehead atoms. The summed E-state index contributed by atoms with van der Waals surface area (Å²) < 4.78 is 39.9. The number of halogens is 2. The van der Waals surface area contributed by atoms with Gasteiger partial charge in [0.2, 0.25) is 0 Å². The number of fused-ring (bicyclic) bond motifs is 1. The predicted molar refractivity (Wildman–Crippen MR) is 91.4 cm³/mol. The van der Waals surface area contributed by atoms with E-state index in [4.69, 9.17) is 4.42 Å². The molecular weight excluding hydrogens is 376 g/mol. The Bertz CT molecular complexity index is 879. The molecule has 2 aromatic rings. The lowest BCUT2D eigenvalue weighted by Gasteiger charge is -2.31. The summed E-state index contributed by atoms with van der Waals surface area (Å²) in [5.74, 6) is -0.321. The highest BCUT2D eigenvalue weighted by Crippen LogP contribution is 2.42. The number of hydrogen-bond acceptors (Lipinski definition) is 5. The number of nitrogens with one attached hydrogen (secondary N) is 2. The summed E-state index contributed by atoms with van der Waals surface area (Å²) in [6.45, 7) is 2.47. The zero-order valence-corrected chi connectivity index (χ0v) is 14.7. The van der Waals surface area contributed by atoms with E-state index in [1.807, 2.05) is 0 Å². The van der Waals surface area contributed by atoms with Gasteiger partial charge in [-0.2, -0.15) is 0 Å². The van der Waals surface area contributed by atoms with Crippen LogP contribution in [0.4, 0.5) is 14.5 Å². The highest BCUT2D eigenvalue weighted by molar-refractivity contribution is 5.92. The standard InChI is InChI=1S/C18H17F2N3O5/c19-18(20)27-13-4-3-12(10-15(13)28-18)21-16(24)11-22-5-7-23(8-6-22)17(25)14-2-1-9-26-14/h1-4,9-10H,5-8,11H2,(H,21,24)/p+1. The van der Waals surface area contributed by atoms with E-state index < -0.39 is 6.29 Å². The summed E-state index contributed by atoms with van der Waals surface area (Å²) in [4.78, 5) is 27.2. The van der Waals surface area contributed by atoms with Crippen LogP contribution in [0, 0.1) is 0 Å². The van der Waals surface area contributed by atoms with Gasteiger partial charge in [-0.05, 0) is 24.3 Å². The van der Waals surface area contributed by atoms with Crippen LogP contribution in [-0.2, 0) is 4.79 Å². The molecule has 0 atom stereocenters. The Balaban J connectivity index is 1.27. The van der Waals surface area contributed by atoms with Crippen LogP contribution < -0.4 is 19.7 Å². The van der Waals surface area contributed by atoms with Gasteiger partial charge in [0.1, 0.15) is 0 Å². The highest BCUT2D eigenvalue weighted by atomic mass is 19.3. The molecule has 4 rings (SSSR count). The Labute approximate surface area is 158 Å². The molecule has 8 nitrogen and oxygen atoms in total. The van der Waals surface area contributed by atoms with Crippen molar-refractivity contribution in [1.29, 1.82) is 0 Å². The molecule has 2 aliphatic heterocycles. The van der Waals surface area contributed by atoms with Gasteiger partial charge in [-0.3, -0.25) is 9.59 Å². The molecule has 0 aliphatic carbocycles. The maximum Gasteiger partial charge on any atom is 0.586 e. The molecule has 1 aromatic carbocycles. The van der Waals surface area contributed by atoms with E-state index in [2.05, 4.69) is 14.8 Å². The van der Waals surface area contributed by atoms with Crippen LogP contribution in [0.3, 0.4) is 0 Å². The number of carbonyl (C=O) groups excluding carboxylic acids is 2. The van der Waals surface area contributed by atoms with Gasteiger partial charge >= 0.3 is 6.29 Å². The van der Waals surface area contributed by atoms with E-state index in [9.17, 15) is 18.4 Å². The molecular formula is C18H18F2N3O5+. The van der Waals surface area contributed by atoms with Crippen molar-refractivity contribution >= 4 is 17.5 Å². The summed E-state index contributed by atoms with van der Waals surface area (Å²) in [6.07, 6.45) is -2.24. The molecule has 28 heavy (non-hydrogen) atoms. The Hall–Kier alpha value is -3.14. The molecule has 0 saturated carbocycles. The zero-order chi connectivity index (χ0) is 19.7. The van der Waals surface area contributed by atoms with Crippen LogP contribution in [0.5, 0.6) is 11.5 Å². The number of carbonyl (C=O) groups is 2. The van der Waals surface area contributed by atoms with E-state index >= 15 is 0 Å². The van der Waals surface area contributed by atoms with Gasteiger partial charge < -0.3 is 29.0 Å². The summed E-state index contributed by atoms with van der Waals surface area (Å²) in [5.41, 5.74) is 0.344. The minimum atomic E-state index is -3.69. The number of anilines is 1. The molecule has 2 N–H and O–H groups in total. The van der Waals surface area contributed by atoms with Crippen molar-refractivity contribution < 1.29 is 37.2 Å². The maximum atomic E-state index is 13.0. The SMILES string of the molecule is O=C(C[NH+]1CCN(C(=O)c2ccco2)CC1)Nc1ccc2c(c1)OC(F)(F)O2. The molecule has 0 spiro atoms. The molecule has 148 valence electrons. The summed E-state index contributed by atoms with van der Waals surface area (Å²) in [7, 11) is 0. The second-order valence-corrected chi connectivity index (χ2v) is 6.57. The number of nitrogens with zero attached hydrogens (tertiary/aromatic N) is 1. The van der Waals surface area contributed by atoms with E-state index in [1.54, 1.807) is 17.0 Å². The van der Waals surface area contributed by atoms with Crippen LogP contribution >= 0.6 is 0 Å². The predicted octanol–water partition coefficient (Wildman–Crippen LogP) is 0.580. The first kappa shape index (κ1) is 18.2. The average Bonchev–Trinajstić information content (AvgIpc) is 3.27. The fourth-order valence-corrected chi connectivity index (χ4v) is 3.22. The number of benzene rings is 1. The first-order chi connectivity index (χ1) is 13.4. The van der Waals surface area contributed by atoms with Crippen molar-refractivity contribution in [1.82, 2.24) is 4.90 Å². The number of piperazine rings is 1. The van der Waals surface area contributed by atoms with Gasteiger partial charge in [-0.15, -0.1) is 8.78 Å². The molecule has 0 unspecified atom stereocenters. The Morgan fingerprint density at radius 1 is 1.14 bits per heavy atom.